The molecule has 2 aromatic rings. The fourth-order valence-corrected chi connectivity index (χ4v) is 2.78. The molecule has 0 N–H and O–H groups in total. The van der Waals surface area contributed by atoms with Crippen LogP contribution in [0.3, 0.4) is 0 Å². The van der Waals surface area contributed by atoms with Crippen molar-refractivity contribution in [3.63, 3.8) is 0 Å². The van der Waals surface area contributed by atoms with Crippen LogP contribution in [0.25, 0.3) is 0 Å². The highest BCUT2D eigenvalue weighted by Crippen LogP contribution is 2.28. The van der Waals surface area contributed by atoms with Gasteiger partial charge in [0, 0.05) is 17.3 Å². The molecule has 1 heterocycles. The van der Waals surface area contributed by atoms with Crippen molar-refractivity contribution in [1.29, 1.82) is 0 Å². The molecule has 0 unspecified atom stereocenters. The van der Waals surface area contributed by atoms with E-state index >= 15 is 0 Å². The molecule has 1 aromatic carbocycles. The molecule has 1 heteroatoms. The molecule has 1 nitrogen and oxygen atoms in total. The highest BCUT2D eigenvalue weighted by molar-refractivity contribution is 5.31. The molecule has 0 bridgehead atoms. The lowest BCUT2D eigenvalue weighted by Crippen LogP contribution is -2.17. The third kappa shape index (κ3) is 11.8. The van der Waals surface area contributed by atoms with Gasteiger partial charge in [-0.05, 0) is 45.1 Å². The molecule has 32 heavy (non-hydrogen) atoms. The van der Waals surface area contributed by atoms with Gasteiger partial charge in [-0.3, -0.25) is 4.98 Å². The van der Waals surface area contributed by atoms with Crippen LogP contribution in [0.15, 0.2) is 42.6 Å². The van der Waals surface area contributed by atoms with Gasteiger partial charge in [-0.1, -0.05) is 135 Å². The first-order chi connectivity index (χ1) is 14.4. The van der Waals surface area contributed by atoms with Gasteiger partial charge in [-0.2, -0.15) is 0 Å². The maximum Gasteiger partial charge on any atom is 0.0459 e. The van der Waals surface area contributed by atoms with E-state index in [0.29, 0.717) is 0 Å². The second kappa shape index (κ2) is 13.2. The molecule has 1 aromatic heterocycles. The highest BCUT2D eigenvalue weighted by atomic mass is 14.7. The van der Waals surface area contributed by atoms with E-state index in [1.165, 1.54) is 22.4 Å². The van der Waals surface area contributed by atoms with E-state index in [4.69, 9.17) is 0 Å². The summed E-state index contributed by atoms with van der Waals surface area (Å²) >= 11 is 0. The fourth-order valence-electron chi connectivity index (χ4n) is 2.78. The molecule has 0 radical (unpaired) electrons. The lowest BCUT2D eigenvalue weighted by atomic mass is 9.82. The SMILES string of the molecule is CC.CC.CC(C)(C)c1ccc(C(C)(C)C)cc1.CC(C)(C)c1ccnc(C(C)(C)C)c1. The monoisotopic (exact) mass is 441 g/mol. The van der Waals surface area contributed by atoms with Crippen LogP contribution in [0.5, 0.6) is 0 Å². The van der Waals surface area contributed by atoms with Crippen molar-refractivity contribution < 1.29 is 0 Å². The molecule has 184 valence electrons. The van der Waals surface area contributed by atoms with Crippen molar-refractivity contribution in [2.75, 3.05) is 0 Å². The number of benzene rings is 1. The van der Waals surface area contributed by atoms with Crippen LogP contribution in [0, 0.1) is 0 Å². The maximum atomic E-state index is 4.42. The van der Waals surface area contributed by atoms with Crippen molar-refractivity contribution in [2.24, 2.45) is 0 Å². The minimum Gasteiger partial charge on any atom is -0.261 e. The van der Waals surface area contributed by atoms with Gasteiger partial charge in [0.25, 0.3) is 0 Å². The lowest BCUT2D eigenvalue weighted by Gasteiger charge is -2.23. The number of pyridine rings is 1. The Labute approximate surface area is 202 Å². The topological polar surface area (TPSA) is 12.9 Å². The van der Waals surface area contributed by atoms with E-state index in [9.17, 15) is 0 Å². The third-order valence-electron chi connectivity index (χ3n) is 5.01. The van der Waals surface area contributed by atoms with Crippen molar-refractivity contribution in [3.8, 4) is 0 Å². The summed E-state index contributed by atoms with van der Waals surface area (Å²) < 4.78 is 0. The van der Waals surface area contributed by atoms with E-state index < -0.39 is 0 Å². The number of rotatable bonds is 0. The Balaban J connectivity index is 0. The zero-order valence-electron chi connectivity index (χ0n) is 24.5. The van der Waals surface area contributed by atoms with Gasteiger partial charge in [-0.15, -0.1) is 0 Å². The molecule has 0 aliphatic heterocycles. The standard InChI is InChI=1S/C14H22.C13H21N.2C2H6/c1-13(2,3)11-7-9-12(10-8-11)14(4,5)6;1-12(2,3)10-7-8-14-11(9-10)13(4,5)6;2*1-2/h7-10H,1-6H3;7-9H,1-6H3;2*1-2H3. The Hall–Kier alpha value is -1.63. The van der Waals surface area contributed by atoms with Crippen LogP contribution in [-0.2, 0) is 21.7 Å². The first-order valence-electron chi connectivity index (χ1n) is 12.5. The highest BCUT2D eigenvalue weighted by Gasteiger charge is 2.19. The Kier molecular flexibility index (Phi) is 13.4. The second-order valence-electron chi connectivity index (χ2n) is 12.0. The number of hydrogen-bond donors (Lipinski definition) is 0. The summed E-state index contributed by atoms with van der Waals surface area (Å²) in [6.45, 7) is 34.8. The van der Waals surface area contributed by atoms with Crippen molar-refractivity contribution in [1.82, 2.24) is 4.98 Å². The van der Waals surface area contributed by atoms with Gasteiger partial charge < -0.3 is 0 Å². The van der Waals surface area contributed by atoms with Gasteiger partial charge in [-0.25, -0.2) is 0 Å². The first-order valence-corrected chi connectivity index (χ1v) is 12.5. The van der Waals surface area contributed by atoms with Gasteiger partial charge in [0.1, 0.15) is 0 Å². The summed E-state index contributed by atoms with van der Waals surface area (Å²) in [7, 11) is 0. The summed E-state index contributed by atoms with van der Waals surface area (Å²) in [5.41, 5.74) is 6.22. The summed E-state index contributed by atoms with van der Waals surface area (Å²) in [4.78, 5) is 4.42. The molecule has 0 amide bonds. The molecule has 0 saturated carbocycles. The van der Waals surface area contributed by atoms with Crippen LogP contribution in [0.2, 0.25) is 0 Å². The zero-order valence-corrected chi connectivity index (χ0v) is 24.5. The normalized spacial score (nSPS) is 11.8. The Bertz CT molecular complexity index is 677. The summed E-state index contributed by atoms with van der Waals surface area (Å²) in [5, 5.41) is 0. The third-order valence-corrected chi connectivity index (χ3v) is 5.01. The second-order valence-corrected chi connectivity index (χ2v) is 12.0. The van der Waals surface area contributed by atoms with Crippen molar-refractivity contribution in [3.05, 3.63) is 65.0 Å². The summed E-state index contributed by atoms with van der Waals surface area (Å²) in [5.74, 6) is 0. The predicted octanol–water partition coefficient (Wildman–Crippen LogP) is 10.0. The smallest absolute Gasteiger partial charge is 0.0459 e. The minimum absolute atomic E-state index is 0.140. The minimum atomic E-state index is 0.140. The van der Waals surface area contributed by atoms with E-state index in [2.05, 4.69) is 124 Å². The molecular formula is C31H55N. The molecule has 2 rings (SSSR count). The van der Waals surface area contributed by atoms with Crippen LogP contribution < -0.4 is 0 Å². The van der Waals surface area contributed by atoms with Crippen molar-refractivity contribution >= 4 is 0 Å². The van der Waals surface area contributed by atoms with E-state index in [1.807, 2.05) is 33.9 Å². The largest absolute Gasteiger partial charge is 0.261 e. The van der Waals surface area contributed by atoms with E-state index in [0.717, 1.165) is 0 Å². The molecule has 0 aliphatic rings. The lowest BCUT2D eigenvalue weighted by molar-refractivity contribution is 0.552. The Morgan fingerprint density at radius 2 is 0.750 bits per heavy atom. The fraction of sp³-hybridized carbons (Fsp3) is 0.645. The number of aromatic nitrogens is 1. The average Bonchev–Trinajstić information content (AvgIpc) is 2.69. The van der Waals surface area contributed by atoms with Crippen LogP contribution in [-0.4, -0.2) is 4.98 Å². The molecule has 0 atom stereocenters. The Morgan fingerprint density at radius 1 is 0.438 bits per heavy atom. The van der Waals surface area contributed by atoms with Crippen LogP contribution in [0.4, 0.5) is 0 Å². The van der Waals surface area contributed by atoms with Gasteiger partial charge in [0.15, 0.2) is 0 Å². The molecule has 0 spiro atoms. The predicted molar refractivity (Wildman–Crippen MR) is 148 cm³/mol. The number of nitrogens with zero attached hydrogens (tertiary/aromatic N) is 1. The zero-order chi connectivity index (χ0) is 26.0. The molecular weight excluding hydrogens is 386 g/mol. The number of hydrogen-bond acceptors (Lipinski definition) is 1. The summed E-state index contributed by atoms with van der Waals surface area (Å²) in [6.07, 6.45) is 1.92. The molecule has 0 fully saturated rings. The summed E-state index contributed by atoms with van der Waals surface area (Å²) in [6, 6.07) is 13.3. The van der Waals surface area contributed by atoms with Crippen LogP contribution in [0.1, 0.15) is 133 Å². The quantitative estimate of drug-likeness (QED) is 0.396. The van der Waals surface area contributed by atoms with Crippen molar-refractivity contribution in [2.45, 2.75) is 132 Å². The maximum absolute atomic E-state index is 4.42. The molecule has 0 aliphatic carbocycles. The molecule has 0 saturated heterocycles. The van der Waals surface area contributed by atoms with E-state index in [1.54, 1.807) is 0 Å². The van der Waals surface area contributed by atoms with Gasteiger partial charge >= 0.3 is 0 Å². The van der Waals surface area contributed by atoms with Gasteiger partial charge in [0.2, 0.25) is 0 Å². The Morgan fingerprint density at radius 3 is 1.00 bits per heavy atom. The average molecular weight is 442 g/mol. The van der Waals surface area contributed by atoms with E-state index in [-0.39, 0.29) is 21.7 Å². The van der Waals surface area contributed by atoms with Gasteiger partial charge in [0.05, 0.1) is 0 Å². The van der Waals surface area contributed by atoms with Crippen LogP contribution >= 0.6 is 0 Å². The first kappa shape index (κ1) is 32.5.